The molecule has 0 aromatic rings. The Hall–Kier alpha value is 0.400. The molecule has 0 aromatic heterocycles. The molecule has 56 valence electrons. The SMILES string of the molecule is CCC(O)CC(O)CBr. The minimum absolute atomic E-state index is 0.349. The maximum Gasteiger partial charge on any atom is 0.0661 e. The Labute approximate surface area is 64.0 Å². The van der Waals surface area contributed by atoms with Crippen LogP contribution in [0.4, 0.5) is 0 Å². The Bertz CT molecular complexity index is 60.1. The molecule has 0 radical (unpaired) electrons. The molecule has 2 atom stereocenters. The van der Waals surface area contributed by atoms with Gasteiger partial charge in [-0.15, -0.1) is 0 Å². The minimum atomic E-state index is -0.403. The van der Waals surface area contributed by atoms with Crippen molar-refractivity contribution in [2.45, 2.75) is 32.0 Å². The Morgan fingerprint density at radius 2 is 1.89 bits per heavy atom. The van der Waals surface area contributed by atoms with E-state index in [0.717, 1.165) is 0 Å². The monoisotopic (exact) mass is 196 g/mol. The second-order valence-electron chi connectivity index (χ2n) is 2.11. The molecular weight excluding hydrogens is 184 g/mol. The number of hydrogen-bond acceptors (Lipinski definition) is 2. The summed E-state index contributed by atoms with van der Waals surface area (Å²) in [7, 11) is 0. The van der Waals surface area contributed by atoms with Crippen molar-refractivity contribution in [3.05, 3.63) is 0 Å². The lowest BCUT2D eigenvalue weighted by Gasteiger charge is -2.10. The number of halogens is 1. The zero-order chi connectivity index (χ0) is 7.28. The molecule has 0 aromatic carbocycles. The molecule has 0 fully saturated rings. The number of aliphatic hydroxyl groups excluding tert-OH is 2. The molecule has 0 saturated heterocycles. The van der Waals surface area contributed by atoms with Gasteiger partial charge in [-0.3, -0.25) is 0 Å². The molecule has 3 heteroatoms. The normalized spacial score (nSPS) is 17.3. The van der Waals surface area contributed by atoms with Crippen LogP contribution in [0.3, 0.4) is 0 Å². The molecular formula is C6H13BrO2. The van der Waals surface area contributed by atoms with Crippen molar-refractivity contribution in [3.63, 3.8) is 0 Å². The first-order valence-corrected chi connectivity index (χ1v) is 4.25. The summed E-state index contributed by atoms with van der Waals surface area (Å²) >= 11 is 3.11. The average Bonchev–Trinajstić information content (AvgIpc) is 1.87. The van der Waals surface area contributed by atoms with Crippen molar-refractivity contribution < 1.29 is 10.2 Å². The first kappa shape index (κ1) is 9.40. The number of hydrogen-bond donors (Lipinski definition) is 2. The topological polar surface area (TPSA) is 40.5 Å². The van der Waals surface area contributed by atoms with Gasteiger partial charge < -0.3 is 10.2 Å². The third-order valence-corrected chi connectivity index (χ3v) is 1.94. The average molecular weight is 197 g/mol. The quantitative estimate of drug-likeness (QED) is 0.657. The van der Waals surface area contributed by atoms with Gasteiger partial charge in [-0.05, 0) is 6.42 Å². The summed E-state index contributed by atoms with van der Waals surface area (Å²) in [6.45, 7) is 1.89. The Kier molecular flexibility index (Phi) is 5.44. The highest BCUT2D eigenvalue weighted by Crippen LogP contribution is 2.03. The molecule has 2 unspecified atom stereocenters. The van der Waals surface area contributed by atoms with E-state index in [9.17, 15) is 0 Å². The molecule has 0 amide bonds. The fraction of sp³-hybridized carbons (Fsp3) is 1.00. The van der Waals surface area contributed by atoms with E-state index in [-0.39, 0.29) is 6.10 Å². The first-order valence-electron chi connectivity index (χ1n) is 3.12. The van der Waals surface area contributed by atoms with Crippen LogP contribution in [0.25, 0.3) is 0 Å². The summed E-state index contributed by atoms with van der Waals surface area (Å²) in [5, 5.41) is 18.5. The van der Waals surface area contributed by atoms with Gasteiger partial charge in [0.25, 0.3) is 0 Å². The second-order valence-corrected chi connectivity index (χ2v) is 2.75. The van der Waals surface area contributed by atoms with Crippen LogP contribution in [-0.4, -0.2) is 27.8 Å². The minimum Gasteiger partial charge on any atom is -0.393 e. The van der Waals surface area contributed by atoms with E-state index in [1.165, 1.54) is 0 Å². The molecule has 0 spiro atoms. The number of alkyl halides is 1. The number of rotatable bonds is 4. The molecule has 9 heavy (non-hydrogen) atoms. The van der Waals surface area contributed by atoms with Gasteiger partial charge in [0.15, 0.2) is 0 Å². The van der Waals surface area contributed by atoms with E-state index in [2.05, 4.69) is 15.9 Å². The van der Waals surface area contributed by atoms with Crippen molar-refractivity contribution in [1.29, 1.82) is 0 Å². The highest BCUT2D eigenvalue weighted by Gasteiger charge is 2.07. The van der Waals surface area contributed by atoms with Crippen LogP contribution in [0.5, 0.6) is 0 Å². The van der Waals surface area contributed by atoms with Crippen LogP contribution in [0.2, 0.25) is 0 Å². The van der Waals surface area contributed by atoms with E-state index in [0.29, 0.717) is 18.2 Å². The van der Waals surface area contributed by atoms with Crippen molar-refractivity contribution >= 4 is 15.9 Å². The molecule has 0 heterocycles. The highest BCUT2D eigenvalue weighted by molar-refractivity contribution is 9.09. The van der Waals surface area contributed by atoms with Crippen molar-refractivity contribution in [3.8, 4) is 0 Å². The zero-order valence-corrected chi connectivity index (χ0v) is 7.13. The van der Waals surface area contributed by atoms with Gasteiger partial charge in [0.2, 0.25) is 0 Å². The van der Waals surface area contributed by atoms with Crippen molar-refractivity contribution in [2.75, 3.05) is 5.33 Å². The largest absolute Gasteiger partial charge is 0.393 e. The summed E-state index contributed by atoms with van der Waals surface area (Å²) in [5.74, 6) is 0. The summed E-state index contributed by atoms with van der Waals surface area (Å²) in [6, 6.07) is 0. The van der Waals surface area contributed by atoms with Crippen LogP contribution in [0, 0.1) is 0 Å². The summed E-state index contributed by atoms with van der Waals surface area (Å²) in [6.07, 6.45) is 0.434. The molecule has 0 saturated carbocycles. The third kappa shape index (κ3) is 4.88. The van der Waals surface area contributed by atoms with E-state index in [4.69, 9.17) is 10.2 Å². The molecule has 0 bridgehead atoms. The summed E-state index contributed by atoms with van der Waals surface area (Å²) < 4.78 is 0. The maximum absolute atomic E-state index is 8.98. The van der Waals surface area contributed by atoms with E-state index >= 15 is 0 Å². The van der Waals surface area contributed by atoms with Gasteiger partial charge in [0, 0.05) is 11.8 Å². The molecule has 2 nitrogen and oxygen atoms in total. The van der Waals surface area contributed by atoms with Crippen LogP contribution < -0.4 is 0 Å². The van der Waals surface area contributed by atoms with Crippen LogP contribution >= 0.6 is 15.9 Å². The Morgan fingerprint density at radius 3 is 2.22 bits per heavy atom. The van der Waals surface area contributed by atoms with Crippen molar-refractivity contribution in [1.82, 2.24) is 0 Å². The van der Waals surface area contributed by atoms with Gasteiger partial charge >= 0.3 is 0 Å². The molecule has 0 aliphatic carbocycles. The highest BCUT2D eigenvalue weighted by atomic mass is 79.9. The standard InChI is InChI=1S/C6H13BrO2/c1-2-5(8)3-6(9)4-7/h5-6,8-9H,2-4H2,1H3. The van der Waals surface area contributed by atoms with Gasteiger partial charge in [0.05, 0.1) is 12.2 Å². The van der Waals surface area contributed by atoms with Crippen LogP contribution in [0.1, 0.15) is 19.8 Å². The maximum atomic E-state index is 8.98. The van der Waals surface area contributed by atoms with E-state index < -0.39 is 6.10 Å². The van der Waals surface area contributed by atoms with Gasteiger partial charge in [-0.1, -0.05) is 22.9 Å². The van der Waals surface area contributed by atoms with E-state index in [1.54, 1.807) is 0 Å². The lowest BCUT2D eigenvalue weighted by Crippen LogP contribution is -2.17. The lowest BCUT2D eigenvalue weighted by atomic mass is 10.1. The fourth-order valence-corrected chi connectivity index (χ4v) is 0.808. The van der Waals surface area contributed by atoms with Gasteiger partial charge in [-0.25, -0.2) is 0 Å². The smallest absolute Gasteiger partial charge is 0.0661 e. The fourth-order valence-electron chi connectivity index (χ4n) is 0.544. The summed E-state index contributed by atoms with van der Waals surface area (Å²) in [4.78, 5) is 0. The molecule has 0 rings (SSSR count). The number of aliphatic hydroxyl groups is 2. The van der Waals surface area contributed by atoms with Gasteiger partial charge in [-0.2, -0.15) is 0 Å². The van der Waals surface area contributed by atoms with E-state index in [1.807, 2.05) is 6.92 Å². The molecule has 2 N–H and O–H groups in total. The molecule has 0 aliphatic heterocycles. The van der Waals surface area contributed by atoms with Gasteiger partial charge in [0.1, 0.15) is 0 Å². The van der Waals surface area contributed by atoms with Crippen LogP contribution in [0.15, 0.2) is 0 Å². The predicted octanol–water partition coefficient (Wildman–Crippen LogP) is 0.903. The van der Waals surface area contributed by atoms with Crippen molar-refractivity contribution in [2.24, 2.45) is 0 Å². The Balaban J connectivity index is 3.22. The Morgan fingerprint density at radius 1 is 1.33 bits per heavy atom. The second kappa shape index (κ2) is 5.21. The predicted molar refractivity (Wildman–Crippen MR) is 40.7 cm³/mol. The first-order chi connectivity index (χ1) is 4.20. The zero-order valence-electron chi connectivity index (χ0n) is 5.55. The lowest BCUT2D eigenvalue weighted by molar-refractivity contribution is 0.0912. The van der Waals surface area contributed by atoms with Crippen LogP contribution in [-0.2, 0) is 0 Å². The third-order valence-electron chi connectivity index (χ3n) is 1.19. The summed E-state index contributed by atoms with van der Waals surface area (Å²) in [5.41, 5.74) is 0. The molecule has 0 aliphatic rings.